The molecule has 34 heavy (non-hydrogen) atoms. The summed E-state index contributed by atoms with van der Waals surface area (Å²) >= 11 is 2.41. The highest BCUT2D eigenvalue weighted by molar-refractivity contribution is 8.00. The average molecular weight is 505 g/mol. The Morgan fingerprint density at radius 3 is 2.74 bits per heavy atom. The lowest BCUT2D eigenvalue weighted by atomic mass is 10.0. The summed E-state index contributed by atoms with van der Waals surface area (Å²) in [6, 6.07) is 2.57. The first kappa shape index (κ1) is 23.5. The molecule has 12 nitrogen and oxygen atoms in total. The van der Waals surface area contributed by atoms with Gasteiger partial charge in [0.05, 0.1) is 5.75 Å². The van der Waals surface area contributed by atoms with Gasteiger partial charge in [-0.1, -0.05) is 5.16 Å². The van der Waals surface area contributed by atoms with Gasteiger partial charge < -0.3 is 25.7 Å². The number of β-lactam (4-membered cyclic amide) rings is 1. The van der Waals surface area contributed by atoms with E-state index in [4.69, 9.17) is 15.3 Å². The molecule has 2 amide bonds. The predicted molar refractivity (Wildman–Crippen MR) is 123 cm³/mol. The number of hydrogen-bond acceptors (Lipinski definition) is 11. The lowest BCUT2D eigenvalue weighted by Gasteiger charge is -2.49. The second-order valence-corrected chi connectivity index (χ2v) is 9.17. The Morgan fingerprint density at radius 2 is 2.12 bits per heavy atom. The van der Waals surface area contributed by atoms with Gasteiger partial charge in [-0.3, -0.25) is 19.5 Å². The zero-order valence-electron chi connectivity index (χ0n) is 18.0. The molecular formula is C20H20N6O6S2. The van der Waals surface area contributed by atoms with Gasteiger partial charge in [-0.2, -0.15) is 0 Å². The second-order valence-electron chi connectivity index (χ2n) is 7.17. The number of rotatable bonds is 8. The molecule has 4 N–H and O–H groups in total. The van der Waals surface area contributed by atoms with Gasteiger partial charge in [-0.05, 0) is 24.6 Å². The van der Waals surface area contributed by atoms with E-state index < -0.39 is 35.3 Å². The average Bonchev–Trinajstić information content (AvgIpc) is 3.26. The van der Waals surface area contributed by atoms with E-state index in [1.807, 2.05) is 0 Å². The summed E-state index contributed by atoms with van der Waals surface area (Å²) in [4.78, 5) is 51.6. The lowest BCUT2D eigenvalue weighted by molar-refractivity contribution is -0.150. The number of carbonyl (C=O) groups is 3. The van der Waals surface area contributed by atoms with Crippen molar-refractivity contribution >= 4 is 51.7 Å². The van der Waals surface area contributed by atoms with Gasteiger partial charge in [0.2, 0.25) is 0 Å². The summed E-state index contributed by atoms with van der Waals surface area (Å²) in [7, 11) is 1.27. The van der Waals surface area contributed by atoms with Gasteiger partial charge >= 0.3 is 5.97 Å². The number of thiazole rings is 1. The van der Waals surface area contributed by atoms with Crippen molar-refractivity contribution in [2.75, 3.05) is 18.6 Å². The van der Waals surface area contributed by atoms with Gasteiger partial charge in [0, 0.05) is 17.8 Å². The predicted octanol–water partition coefficient (Wildman–Crippen LogP) is 0.945. The number of ether oxygens (including phenoxy) is 1. The highest BCUT2D eigenvalue weighted by atomic mass is 32.2. The summed E-state index contributed by atoms with van der Waals surface area (Å²) in [5.74, 6) is -2.18. The van der Waals surface area contributed by atoms with Gasteiger partial charge in [0.1, 0.15) is 36.1 Å². The third-order valence-corrected chi connectivity index (χ3v) is 7.01. The normalized spacial score (nSPS) is 20.8. The number of carbonyl (C=O) groups excluding carboxylic acids is 2. The van der Waals surface area contributed by atoms with Crippen molar-refractivity contribution in [2.24, 2.45) is 5.16 Å². The Kier molecular flexibility index (Phi) is 6.70. The summed E-state index contributed by atoms with van der Waals surface area (Å²) in [6.45, 7) is 1.78. The van der Waals surface area contributed by atoms with Crippen LogP contribution in [-0.2, 0) is 24.0 Å². The van der Waals surface area contributed by atoms with Crippen LogP contribution < -0.4 is 11.1 Å². The summed E-state index contributed by atoms with van der Waals surface area (Å²) in [5, 5.41) is 17.3. The quantitative estimate of drug-likeness (QED) is 0.267. The van der Waals surface area contributed by atoms with Crippen LogP contribution in [0.25, 0.3) is 0 Å². The van der Waals surface area contributed by atoms with E-state index in [1.165, 1.54) is 24.3 Å². The molecule has 14 heteroatoms. The van der Waals surface area contributed by atoms with Crippen molar-refractivity contribution in [3.63, 3.8) is 0 Å². The largest absolute Gasteiger partial charge is 0.487 e. The summed E-state index contributed by atoms with van der Waals surface area (Å²) in [5.41, 5.74) is 6.26. The Balaban J connectivity index is 1.51. The van der Waals surface area contributed by atoms with Crippen molar-refractivity contribution in [3.8, 4) is 0 Å². The number of anilines is 1. The molecule has 2 aromatic rings. The molecule has 4 rings (SSSR count). The fourth-order valence-corrected chi connectivity index (χ4v) is 5.31. The fourth-order valence-electron chi connectivity index (χ4n) is 3.50. The van der Waals surface area contributed by atoms with E-state index in [0.29, 0.717) is 0 Å². The van der Waals surface area contributed by atoms with Gasteiger partial charge in [-0.15, -0.1) is 23.1 Å². The standard InChI is InChI=1S/C20H20N6O6S2/c1-9(10-3-5-22-6-4-10)32-12-8-33-18-14(17(28)26(18)15(12)19(29)30)24-16(27)13(25-31-2)11-7-34-20(21)23-11/h3-7,9,14,18H,8H2,1-2H3,(H2,21,23)(H,24,27)(H,29,30)/b25-13-/t9?,14-,18+/m1/s1. The van der Waals surface area contributed by atoms with E-state index in [0.717, 1.165) is 21.8 Å². The first-order chi connectivity index (χ1) is 16.3. The Hall–Kier alpha value is -3.65. The number of nitrogens with two attached hydrogens (primary N) is 1. The molecule has 178 valence electrons. The maximum Gasteiger partial charge on any atom is 0.356 e. The molecule has 1 fully saturated rings. The number of carboxylic acid groups (broad SMARTS) is 1. The Bertz CT molecular complexity index is 1180. The van der Waals surface area contributed by atoms with E-state index in [2.05, 4.69) is 20.4 Å². The number of nitrogens with zero attached hydrogens (tertiary/aromatic N) is 4. The van der Waals surface area contributed by atoms with Crippen molar-refractivity contribution in [3.05, 3.63) is 52.6 Å². The molecule has 0 bridgehead atoms. The number of oxime groups is 1. The molecule has 2 aliphatic rings. The smallest absolute Gasteiger partial charge is 0.356 e. The first-order valence-electron chi connectivity index (χ1n) is 9.93. The summed E-state index contributed by atoms with van der Waals surface area (Å²) < 4.78 is 5.91. The highest BCUT2D eigenvalue weighted by Gasteiger charge is 2.55. The van der Waals surface area contributed by atoms with E-state index in [-0.39, 0.29) is 33.7 Å². The zero-order chi connectivity index (χ0) is 24.4. The molecule has 3 atom stereocenters. The van der Waals surface area contributed by atoms with Crippen LogP contribution in [0.4, 0.5) is 5.13 Å². The zero-order valence-corrected chi connectivity index (χ0v) is 19.6. The lowest BCUT2D eigenvalue weighted by Crippen LogP contribution is -2.71. The third kappa shape index (κ3) is 4.41. The van der Waals surface area contributed by atoms with Crippen LogP contribution >= 0.6 is 23.1 Å². The number of thioether (sulfide) groups is 1. The van der Waals surface area contributed by atoms with Crippen LogP contribution in [0, 0.1) is 0 Å². The molecule has 0 saturated carbocycles. The van der Waals surface area contributed by atoms with Crippen molar-refractivity contribution in [2.45, 2.75) is 24.4 Å². The minimum absolute atomic E-state index is 0.147. The van der Waals surface area contributed by atoms with Crippen molar-refractivity contribution < 1.29 is 29.1 Å². The molecule has 0 spiro atoms. The maximum atomic E-state index is 12.9. The Labute approximate surface area is 201 Å². The molecule has 4 heterocycles. The van der Waals surface area contributed by atoms with Crippen LogP contribution in [0.2, 0.25) is 0 Å². The fraction of sp³-hybridized carbons (Fsp3) is 0.300. The van der Waals surface area contributed by atoms with E-state index in [9.17, 15) is 19.5 Å². The molecular weight excluding hydrogens is 484 g/mol. The third-order valence-electron chi connectivity index (χ3n) is 5.08. The number of carboxylic acids is 1. The van der Waals surface area contributed by atoms with E-state index in [1.54, 1.807) is 31.5 Å². The molecule has 2 aliphatic heterocycles. The van der Waals surface area contributed by atoms with Gasteiger partial charge in [-0.25, -0.2) is 9.78 Å². The number of fused-ring (bicyclic) bond motifs is 1. The van der Waals surface area contributed by atoms with Crippen LogP contribution in [0.1, 0.15) is 24.3 Å². The van der Waals surface area contributed by atoms with Crippen molar-refractivity contribution in [1.29, 1.82) is 0 Å². The number of pyridine rings is 1. The first-order valence-corrected chi connectivity index (χ1v) is 11.9. The number of nitrogen functional groups attached to an aromatic ring is 1. The minimum atomic E-state index is -1.29. The molecule has 1 saturated heterocycles. The maximum absolute atomic E-state index is 12.9. The number of aliphatic carboxylic acids is 1. The molecule has 0 aliphatic carbocycles. The molecule has 1 unspecified atom stereocenters. The number of amides is 2. The highest BCUT2D eigenvalue weighted by Crippen LogP contribution is 2.41. The van der Waals surface area contributed by atoms with Crippen LogP contribution in [0.3, 0.4) is 0 Å². The number of aromatic nitrogens is 2. The topological polar surface area (TPSA) is 169 Å². The van der Waals surface area contributed by atoms with Crippen LogP contribution in [0.15, 0.2) is 46.5 Å². The second kappa shape index (κ2) is 9.69. The number of hydrogen-bond donors (Lipinski definition) is 3. The van der Waals surface area contributed by atoms with Crippen LogP contribution in [-0.4, -0.2) is 67.7 Å². The van der Waals surface area contributed by atoms with Crippen molar-refractivity contribution in [1.82, 2.24) is 20.2 Å². The van der Waals surface area contributed by atoms with Crippen LogP contribution in [0.5, 0.6) is 0 Å². The monoisotopic (exact) mass is 504 g/mol. The number of nitrogens with one attached hydrogen (secondary N) is 1. The SMILES string of the molecule is CO/N=C(\C(=O)N[C@@H]1C(=O)N2C(C(=O)O)=C(OC(C)c3ccncc3)CS[C@@H]12)c1csc(N)n1. The van der Waals surface area contributed by atoms with E-state index >= 15 is 0 Å². The van der Waals surface area contributed by atoms with Gasteiger partial charge in [0.15, 0.2) is 16.5 Å². The summed E-state index contributed by atoms with van der Waals surface area (Å²) in [6.07, 6.45) is 2.77. The molecule has 0 radical (unpaired) electrons. The van der Waals surface area contributed by atoms with Gasteiger partial charge in [0.25, 0.3) is 11.8 Å². The minimum Gasteiger partial charge on any atom is -0.487 e. The molecule has 2 aromatic heterocycles. The Morgan fingerprint density at radius 1 is 1.38 bits per heavy atom. The molecule has 0 aromatic carbocycles.